The summed E-state index contributed by atoms with van der Waals surface area (Å²) in [5, 5.41) is 5.75. The molecule has 1 aromatic rings. The number of anilines is 1. The molecule has 2 rings (SSSR count). The highest BCUT2D eigenvalue weighted by atomic mass is 32.1. The van der Waals surface area contributed by atoms with Crippen molar-refractivity contribution < 1.29 is 14.3 Å². The van der Waals surface area contributed by atoms with Crippen LogP contribution in [0.2, 0.25) is 0 Å². The van der Waals surface area contributed by atoms with Gasteiger partial charge in [0, 0.05) is 18.5 Å². The Morgan fingerprint density at radius 2 is 2.00 bits per heavy atom. The Labute approximate surface area is 135 Å². The molecule has 1 amide bonds. The third kappa shape index (κ3) is 4.53. The number of cyclic esters (lactones) is 1. The molecule has 0 spiro atoms. The van der Waals surface area contributed by atoms with Gasteiger partial charge in [-0.25, -0.2) is 0 Å². The summed E-state index contributed by atoms with van der Waals surface area (Å²) in [6.45, 7) is 5.67. The van der Waals surface area contributed by atoms with Crippen LogP contribution in [0, 0.1) is 12.8 Å². The number of nitrogens with one attached hydrogen (secondary N) is 2. The van der Waals surface area contributed by atoms with Crippen LogP contribution in [0.1, 0.15) is 32.3 Å². The lowest BCUT2D eigenvalue weighted by Crippen LogP contribution is -2.35. The maximum absolute atomic E-state index is 12.0. The molecule has 5 nitrogen and oxygen atoms in total. The first kappa shape index (κ1) is 16.4. The number of hydrogen-bond acceptors (Lipinski definition) is 4. The van der Waals surface area contributed by atoms with E-state index in [4.69, 9.17) is 17.0 Å². The zero-order valence-electron chi connectivity index (χ0n) is 12.9. The number of carbonyl (C=O) groups excluding carboxylic acids is 2. The van der Waals surface area contributed by atoms with Gasteiger partial charge in [-0.2, -0.15) is 0 Å². The van der Waals surface area contributed by atoms with Gasteiger partial charge in [0.1, 0.15) is 5.60 Å². The van der Waals surface area contributed by atoms with Crippen LogP contribution >= 0.6 is 12.2 Å². The molecule has 0 aromatic heterocycles. The van der Waals surface area contributed by atoms with Crippen molar-refractivity contribution >= 4 is 34.9 Å². The number of hydrogen-bond donors (Lipinski definition) is 2. The summed E-state index contributed by atoms with van der Waals surface area (Å²) in [6, 6.07) is 7.65. The number of aryl methyl sites for hydroxylation is 1. The molecule has 1 fully saturated rings. The van der Waals surface area contributed by atoms with Gasteiger partial charge in [-0.1, -0.05) is 17.7 Å². The zero-order chi connectivity index (χ0) is 16.3. The van der Waals surface area contributed by atoms with Crippen LogP contribution in [-0.2, 0) is 14.3 Å². The van der Waals surface area contributed by atoms with Crippen molar-refractivity contribution in [1.29, 1.82) is 0 Å². The molecular weight excluding hydrogens is 300 g/mol. The van der Waals surface area contributed by atoms with Crippen LogP contribution in [0.25, 0.3) is 0 Å². The number of amides is 1. The summed E-state index contributed by atoms with van der Waals surface area (Å²) in [5.41, 5.74) is 1.45. The average Bonchev–Trinajstić information content (AvgIpc) is 2.64. The van der Waals surface area contributed by atoms with Gasteiger partial charge < -0.3 is 15.4 Å². The monoisotopic (exact) mass is 320 g/mol. The van der Waals surface area contributed by atoms with Gasteiger partial charge in [-0.3, -0.25) is 9.59 Å². The number of thiocarbonyl (C=S) groups is 1. The maximum atomic E-state index is 12.0. The molecule has 0 unspecified atom stereocenters. The minimum absolute atomic E-state index is 0.0813. The molecule has 1 saturated heterocycles. The highest BCUT2D eigenvalue weighted by Gasteiger charge is 2.40. The topological polar surface area (TPSA) is 67.4 Å². The van der Waals surface area contributed by atoms with E-state index >= 15 is 0 Å². The number of benzene rings is 1. The van der Waals surface area contributed by atoms with Crippen molar-refractivity contribution in [3.05, 3.63) is 29.8 Å². The summed E-state index contributed by atoms with van der Waals surface area (Å²) in [4.78, 5) is 23.6. The quantitative estimate of drug-likeness (QED) is 0.662. The van der Waals surface area contributed by atoms with Crippen molar-refractivity contribution in [1.82, 2.24) is 5.32 Å². The van der Waals surface area contributed by atoms with E-state index in [9.17, 15) is 9.59 Å². The number of esters is 1. The first-order chi connectivity index (χ1) is 10.2. The van der Waals surface area contributed by atoms with Gasteiger partial charge in [-0.05, 0) is 45.1 Å². The van der Waals surface area contributed by atoms with E-state index in [2.05, 4.69) is 10.6 Å². The van der Waals surface area contributed by atoms with E-state index in [1.807, 2.05) is 45.0 Å². The minimum atomic E-state index is -0.497. The summed E-state index contributed by atoms with van der Waals surface area (Å²) < 4.78 is 5.21. The van der Waals surface area contributed by atoms with Gasteiger partial charge in [0.2, 0.25) is 5.91 Å². The molecule has 0 aliphatic carbocycles. The lowest BCUT2D eigenvalue weighted by atomic mass is 9.95. The van der Waals surface area contributed by atoms with E-state index in [-0.39, 0.29) is 23.4 Å². The lowest BCUT2D eigenvalue weighted by Gasteiger charge is -2.14. The van der Waals surface area contributed by atoms with Crippen LogP contribution in [0.3, 0.4) is 0 Å². The van der Waals surface area contributed by atoms with E-state index < -0.39 is 11.5 Å². The zero-order valence-corrected chi connectivity index (χ0v) is 13.8. The first-order valence-corrected chi connectivity index (χ1v) is 7.56. The molecule has 1 aliphatic heterocycles. The molecule has 1 aromatic carbocycles. The van der Waals surface area contributed by atoms with Gasteiger partial charge in [0.05, 0.1) is 5.92 Å². The van der Waals surface area contributed by atoms with Gasteiger partial charge in [-0.15, -0.1) is 0 Å². The van der Waals surface area contributed by atoms with Crippen LogP contribution in [0.5, 0.6) is 0 Å². The van der Waals surface area contributed by atoms with Crippen molar-refractivity contribution in [2.75, 3.05) is 5.32 Å². The Bertz CT molecular complexity index is 596. The second-order valence-corrected chi connectivity index (χ2v) is 6.56. The van der Waals surface area contributed by atoms with Crippen molar-refractivity contribution in [3.63, 3.8) is 0 Å². The van der Waals surface area contributed by atoms with Crippen LogP contribution < -0.4 is 10.6 Å². The van der Waals surface area contributed by atoms with Crippen LogP contribution in [0.15, 0.2) is 24.3 Å². The minimum Gasteiger partial charge on any atom is -0.459 e. The SMILES string of the molecule is Cc1ccc(NC(=S)NC(=O)C[C@H]2CC(C)(C)OC2=O)cc1. The standard InChI is InChI=1S/C16H20N2O3S/c1-10-4-6-12(7-5-10)17-15(22)18-13(19)8-11-9-16(2,3)21-14(11)20/h4-7,11H,8-9H2,1-3H3,(H2,17,18,19,22)/t11-/m0/s1. The lowest BCUT2D eigenvalue weighted by molar-refractivity contribution is -0.149. The Morgan fingerprint density at radius 3 is 2.55 bits per heavy atom. The number of rotatable bonds is 3. The molecule has 0 bridgehead atoms. The van der Waals surface area contributed by atoms with Crippen LogP contribution in [0.4, 0.5) is 5.69 Å². The summed E-state index contributed by atoms with van der Waals surface area (Å²) >= 11 is 5.10. The molecule has 22 heavy (non-hydrogen) atoms. The Balaban J connectivity index is 1.83. The van der Waals surface area contributed by atoms with Gasteiger partial charge in [0.25, 0.3) is 0 Å². The summed E-state index contributed by atoms with van der Waals surface area (Å²) in [7, 11) is 0. The molecule has 6 heteroatoms. The normalized spacial score (nSPS) is 19.4. The fraction of sp³-hybridized carbons (Fsp3) is 0.438. The highest BCUT2D eigenvalue weighted by molar-refractivity contribution is 7.80. The predicted octanol–water partition coefficient (Wildman–Crippen LogP) is 2.54. The maximum Gasteiger partial charge on any atom is 0.310 e. The van der Waals surface area contributed by atoms with Gasteiger partial charge >= 0.3 is 5.97 Å². The van der Waals surface area contributed by atoms with E-state index in [0.717, 1.165) is 11.3 Å². The molecule has 1 aliphatic rings. The Hall–Kier alpha value is -1.95. The van der Waals surface area contributed by atoms with E-state index in [0.29, 0.717) is 6.42 Å². The molecular formula is C16H20N2O3S. The largest absolute Gasteiger partial charge is 0.459 e. The molecule has 0 saturated carbocycles. The average molecular weight is 320 g/mol. The molecule has 118 valence electrons. The Kier molecular flexibility index (Phi) is 4.81. The predicted molar refractivity (Wildman–Crippen MR) is 88.4 cm³/mol. The second kappa shape index (κ2) is 6.44. The fourth-order valence-electron chi connectivity index (χ4n) is 2.43. The fourth-order valence-corrected chi connectivity index (χ4v) is 2.66. The second-order valence-electron chi connectivity index (χ2n) is 6.15. The third-order valence-electron chi connectivity index (χ3n) is 3.44. The molecule has 0 radical (unpaired) electrons. The highest BCUT2D eigenvalue weighted by Crippen LogP contribution is 2.32. The van der Waals surface area contributed by atoms with E-state index in [1.54, 1.807) is 0 Å². The van der Waals surface area contributed by atoms with E-state index in [1.165, 1.54) is 0 Å². The van der Waals surface area contributed by atoms with Crippen molar-refractivity contribution in [2.24, 2.45) is 5.92 Å². The Morgan fingerprint density at radius 1 is 1.36 bits per heavy atom. The smallest absolute Gasteiger partial charge is 0.310 e. The van der Waals surface area contributed by atoms with Crippen molar-refractivity contribution in [2.45, 2.75) is 39.2 Å². The van der Waals surface area contributed by atoms with Crippen LogP contribution in [-0.4, -0.2) is 22.6 Å². The summed E-state index contributed by atoms with van der Waals surface area (Å²) in [5.74, 6) is -1.01. The number of carbonyl (C=O) groups is 2. The summed E-state index contributed by atoms with van der Waals surface area (Å²) in [6.07, 6.45) is 0.620. The van der Waals surface area contributed by atoms with Crippen molar-refractivity contribution in [3.8, 4) is 0 Å². The molecule has 1 heterocycles. The number of ether oxygens (including phenoxy) is 1. The molecule has 2 N–H and O–H groups in total. The first-order valence-electron chi connectivity index (χ1n) is 7.15. The van der Waals surface area contributed by atoms with Gasteiger partial charge in [0.15, 0.2) is 5.11 Å². The molecule has 1 atom stereocenters. The third-order valence-corrected chi connectivity index (χ3v) is 3.65.